The molecule has 136 valence electrons. The van der Waals surface area contributed by atoms with E-state index in [1.54, 1.807) is 18.4 Å². The van der Waals surface area contributed by atoms with Gasteiger partial charge in [-0.15, -0.1) is 11.3 Å². The predicted molar refractivity (Wildman–Crippen MR) is 107 cm³/mol. The van der Waals surface area contributed by atoms with Crippen LogP contribution in [0.4, 0.5) is 10.5 Å². The van der Waals surface area contributed by atoms with E-state index < -0.39 is 0 Å². The summed E-state index contributed by atoms with van der Waals surface area (Å²) in [6.07, 6.45) is 0. The summed E-state index contributed by atoms with van der Waals surface area (Å²) < 4.78 is 6.28. The number of rotatable bonds is 6. The number of thiazole rings is 1. The Bertz CT molecular complexity index is 905. The summed E-state index contributed by atoms with van der Waals surface area (Å²) in [5.41, 5.74) is 3.85. The van der Waals surface area contributed by atoms with Crippen LogP contribution in [0.25, 0.3) is 10.2 Å². The number of ether oxygens (including phenoxy) is 1. The summed E-state index contributed by atoms with van der Waals surface area (Å²) in [5, 5.41) is 6.90. The maximum absolute atomic E-state index is 12.2. The van der Waals surface area contributed by atoms with Crippen LogP contribution < -0.4 is 10.6 Å². The lowest BCUT2D eigenvalue weighted by Gasteiger charge is -2.11. The number of fused-ring (bicyclic) bond motifs is 1. The van der Waals surface area contributed by atoms with Crippen molar-refractivity contribution in [2.75, 3.05) is 12.4 Å². The highest BCUT2D eigenvalue weighted by Crippen LogP contribution is 2.29. The molecule has 3 aromatic rings. The van der Waals surface area contributed by atoms with Gasteiger partial charge in [-0.2, -0.15) is 0 Å². The van der Waals surface area contributed by atoms with Gasteiger partial charge in [0.05, 0.1) is 21.8 Å². The minimum Gasteiger partial charge on any atom is -0.380 e. The van der Waals surface area contributed by atoms with Gasteiger partial charge < -0.3 is 15.4 Å². The van der Waals surface area contributed by atoms with E-state index in [1.165, 1.54) is 0 Å². The average Bonchev–Trinajstić information content (AvgIpc) is 3.05. The quantitative estimate of drug-likeness (QED) is 0.650. The maximum Gasteiger partial charge on any atom is 0.319 e. The molecular formula is C20H23N3O2S. The monoisotopic (exact) mass is 369 g/mol. The van der Waals surface area contributed by atoms with E-state index in [0.29, 0.717) is 19.1 Å². The van der Waals surface area contributed by atoms with Crippen LogP contribution in [0.1, 0.15) is 35.9 Å². The smallest absolute Gasteiger partial charge is 0.319 e. The normalized spacial score (nSPS) is 11.1. The molecule has 6 heteroatoms. The molecule has 1 aromatic heterocycles. The van der Waals surface area contributed by atoms with Gasteiger partial charge in [0, 0.05) is 25.3 Å². The predicted octanol–water partition coefficient (Wildman–Crippen LogP) is 4.89. The standard InChI is InChI=1S/C20H23N3O2S/c1-13(2)19-23-17-9-8-16(10-18(17)26-19)22-20(24)21-11-14-6-4-5-7-15(14)12-25-3/h4-10,13H,11-12H2,1-3H3,(H2,21,22,24). The number of amides is 2. The van der Waals surface area contributed by atoms with E-state index in [9.17, 15) is 4.79 Å². The fraction of sp³-hybridized carbons (Fsp3) is 0.300. The minimum atomic E-state index is -0.231. The van der Waals surface area contributed by atoms with Crippen molar-refractivity contribution in [1.82, 2.24) is 10.3 Å². The summed E-state index contributed by atoms with van der Waals surface area (Å²) in [6, 6.07) is 13.5. The number of carbonyl (C=O) groups excluding carboxylic acids is 1. The molecule has 0 spiro atoms. The number of nitrogens with zero attached hydrogens (tertiary/aromatic N) is 1. The number of carbonyl (C=O) groups is 1. The Balaban J connectivity index is 1.64. The lowest BCUT2D eigenvalue weighted by molar-refractivity contribution is 0.184. The van der Waals surface area contributed by atoms with E-state index in [1.807, 2.05) is 42.5 Å². The van der Waals surface area contributed by atoms with Gasteiger partial charge in [-0.3, -0.25) is 0 Å². The van der Waals surface area contributed by atoms with Gasteiger partial charge in [0.2, 0.25) is 0 Å². The number of hydrogen-bond donors (Lipinski definition) is 2. The van der Waals surface area contributed by atoms with Crippen molar-refractivity contribution < 1.29 is 9.53 Å². The van der Waals surface area contributed by atoms with Gasteiger partial charge in [-0.1, -0.05) is 38.1 Å². The lowest BCUT2D eigenvalue weighted by Crippen LogP contribution is -2.28. The van der Waals surface area contributed by atoms with Crippen LogP contribution in [0.3, 0.4) is 0 Å². The number of benzene rings is 2. The third-order valence-corrected chi connectivity index (χ3v) is 5.33. The Morgan fingerprint density at radius 2 is 1.96 bits per heavy atom. The second-order valence-corrected chi connectivity index (χ2v) is 7.46. The number of anilines is 1. The SMILES string of the molecule is COCc1ccccc1CNC(=O)Nc1ccc2nc(C(C)C)sc2c1. The van der Waals surface area contributed by atoms with Crippen LogP contribution in [-0.4, -0.2) is 18.1 Å². The second kappa shape index (κ2) is 8.29. The first-order valence-corrected chi connectivity index (χ1v) is 9.39. The van der Waals surface area contributed by atoms with E-state index in [-0.39, 0.29) is 6.03 Å². The zero-order valence-corrected chi connectivity index (χ0v) is 16.0. The molecule has 26 heavy (non-hydrogen) atoms. The number of urea groups is 1. The molecule has 0 unspecified atom stereocenters. The first-order chi connectivity index (χ1) is 12.6. The third-order valence-electron chi connectivity index (χ3n) is 4.01. The van der Waals surface area contributed by atoms with E-state index in [2.05, 4.69) is 29.5 Å². The second-order valence-electron chi connectivity index (χ2n) is 6.40. The number of methoxy groups -OCH3 is 1. The molecule has 2 amide bonds. The van der Waals surface area contributed by atoms with Crippen molar-refractivity contribution in [3.05, 3.63) is 58.6 Å². The zero-order valence-electron chi connectivity index (χ0n) is 15.2. The zero-order chi connectivity index (χ0) is 18.5. The van der Waals surface area contributed by atoms with Crippen LogP contribution >= 0.6 is 11.3 Å². The Hall–Kier alpha value is -2.44. The van der Waals surface area contributed by atoms with Gasteiger partial charge in [-0.05, 0) is 29.3 Å². The molecule has 0 saturated carbocycles. The lowest BCUT2D eigenvalue weighted by atomic mass is 10.1. The molecule has 0 saturated heterocycles. The van der Waals surface area contributed by atoms with Gasteiger partial charge in [0.1, 0.15) is 0 Å². The van der Waals surface area contributed by atoms with E-state index in [4.69, 9.17) is 4.74 Å². The first-order valence-electron chi connectivity index (χ1n) is 8.58. The molecule has 3 rings (SSSR count). The molecule has 0 aliphatic carbocycles. The first kappa shape index (κ1) is 18.4. The number of nitrogens with one attached hydrogen (secondary N) is 2. The van der Waals surface area contributed by atoms with Crippen LogP contribution in [-0.2, 0) is 17.9 Å². The molecule has 2 N–H and O–H groups in total. The largest absolute Gasteiger partial charge is 0.380 e. The Kier molecular flexibility index (Phi) is 5.85. The number of aromatic nitrogens is 1. The average molecular weight is 369 g/mol. The van der Waals surface area contributed by atoms with Crippen LogP contribution in [0, 0.1) is 0 Å². The van der Waals surface area contributed by atoms with Gasteiger partial charge in [0.25, 0.3) is 0 Å². The highest BCUT2D eigenvalue weighted by Gasteiger charge is 2.09. The highest BCUT2D eigenvalue weighted by atomic mass is 32.1. The summed E-state index contributed by atoms with van der Waals surface area (Å²) in [7, 11) is 1.66. The maximum atomic E-state index is 12.2. The summed E-state index contributed by atoms with van der Waals surface area (Å²) >= 11 is 1.67. The summed E-state index contributed by atoms with van der Waals surface area (Å²) in [6.45, 7) is 5.24. The van der Waals surface area contributed by atoms with Gasteiger partial charge in [0.15, 0.2) is 0 Å². The van der Waals surface area contributed by atoms with E-state index in [0.717, 1.165) is 32.0 Å². The fourth-order valence-electron chi connectivity index (χ4n) is 2.64. The van der Waals surface area contributed by atoms with Crippen molar-refractivity contribution in [3.8, 4) is 0 Å². The third kappa shape index (κ3) is 4.39. The van der Waals surface area contributed by atoms with Crippen molar-refractivity contribution in [2.24, 2.45) is 0 Å². The summed E-state index contributed by atoms with van der Waals surface area (Å²) in [4.78, 5) is 16.9. The van der Waals surface area contributed by atoms with Gasteiger partial charge in [-0.25, -0.2) is 9.78 Å². The summed E-state index contributed by atoms with van der Waals surface area (Å²) in [5.74, 6) is 0.402. The Morgan fingerprint density at radius 1 is 1.19 bits per heavy atom. The molecule has 0 fully saturated rings. The highest BCUT2D eigenvalue weighted by molar-refractivity contribution is 7.18. The molecule has 2 aromatic carbocycles. The van der Waals surface area contributed by atoms with Crippen molar-refractivity contribution in [3.63, 3.8) is 0 Å². The van der Waals surface area contributed by atoms with Gasteiger partial charge >= 0.3 is 6.03 Å². The van der Waals surface area contributed by atoms with Crippen LogP contribution in [0.2, 0.25) is 0 Å². The van der Waals surface area contributed by atoms with Crippen molar-refractivity contribution in [1.29, 1.82) is 0 Å². The van der Waals surface area contributed by atoms with Crippen LogP contribution in [0.15, 0.2) is 42.5 Å². The molecule has 5 nitrogen and oxygen atoms in total. The molecule has 0 radical (unpaired) electrons. The molecule has 0 aliphatic heterocycles. The topological polar surface area (TPSA) is 63.2 Å². The molecular weight excluding hydrogens is 346 g/mol. The molecule has 0 bridgehead atoms. The van der Waals surface area contributed by atoms with Crippen molar-refractivity contribution >= 4 is 33.3 Å². The molecule has 1 heterocycles. The fourth-order valence-corrected chi connectivity index (χ4v) is 3.65. The Morgan fingerprint density at radius 3 is 2.69 bits per heavy atom. The number of hydrogen-bond acceptors (Lipinski definition) is 4. The molecule has 0 aliphatic rings. The van der Waals surface area contributed by atoms with E-state index >= 15 is 0 Å². The van der Waals surface area contributed by atoms with Crippen LogP contribution in [0.5, 0.6) is 0 Å². The minimum absolute atomic E-state index is 0.231. The molecule has 0 atom stereocenters. The Labute approximate surface area is 157 Å². The van der Waals surface area contributed by atoms with Crippen molar-refractivity contribution in [2.45, 2.75) is 32.9 Å².